The highest BCUT2D eigenvalue weighted by Gasteiger charge is 2.39. The van der Waals surface area contributed by atoms with Gasteiger partial charge in [-0.15, -0.1) is 0 Å². The van der Waals surface area contributed by atoms with Crippen molar-refractivity contribution in [2.75, 3.05) is 12.4 Å². The predicted octanol–water partition coefficient (Wildman–Crippen LogP) is 4.43. The van der Waals surface area contributed by atoms with Crippen molar-refractivity contribution in [3.63, 3.8) is 0 Å². The Morgan fingerprint density at radius 3 is 2.50 bits per heavy atom. The molecule has 0 fully saturated rings. The maximum Gasteiger partial charge on any atom is 0.435 e. The number of fused-ring (bicyclic) bond motifs is 1. The number of anilines is 2. The first-order valence-corrected chi connectivity index (χ1v) is 8.62. The summed E-state index contributed by atoms with van der Waals surface area (Å²) in [5, 5.41) is 11.8. The number of alkyl halides is 3. The zero-order valence-electron chi connectivity index (χ0n) is 15.5. The van der Waals surface area contributed by atoms with Crippen molar-refractivity contribution in [2.45, 2.75) is 6.18 Å². The topological polar surface area (TPSA) is 88.1 Å². The molecular formula is C20H13F3N6O. The minimum Gasteiger partial charge on any atom is -0.495 e. The van der Waals surface area contributed by atoms with Crippen LogP contribution in [0.15, 0.2) is 55.0 Å². The number of rotatable bonds is 4. The lowest BCUT2D eigenvalue weighted by molar-refractivity contribution is -0.140. The molecule has 0 saturated heterocycles. The smallest absolute Gasteiger partial charge is 0.435 e. The fourth-order valence-corrected chi connectivity index (χ4v) is 2.90. The van der Waals surface area contributed by atoms with E-state index in [-0.39, 0.29) is 22.9 Å². The molecule has 0 aliphatic rings. The summed E-state index contributed by atoms with van der Waals surface area (Å²) in [6, 6.07) is 11.5. The first-order chi connectivity index (χ1) is 14.4. The molecule has 0 aliphatic carbocycles. The number of ether oxygens (including phenoxy) is 1. The van der Waals surface area contributed by atoms with Gasteiger partial charge in [0.2, 0.25) is 0 Å². The van der Waals surface area contributed by atoms with E-state index in [0.29, 0.717) is 17.0 Å². The molecule has 4 aromatic rings. The summed E-state index contributed by atoms with van der Waals surface area (Å²) in [6.45, 7) is 0. The van der Waals surface area contributed by atoms with Crippen molar-refractivity contribution < 1.29 is 17.9 Å². The molecule has 0 bridgehead atoms. The lowest BCUT2D eigenvalue weighted by Crippen LogP contribution is -2.09. The Hall–Kier alpha value is -4.13. The predicted molar refractivity (Wildman–Crippen MR) is 102 cm³/mol. The van der Waals surface area contributed by atoms with Gasteiger partial charge in [-0.25, -0.2) is 9.97 Å². The quantitative estimate of drug-likeness (QED) is 0.535. The third kappa shape index (κ3) is 3.60. The van der Waals surface area contributed by atoms with Crippen LogP contribution in [0.3, 0.4) is 0 Å². The average Bonchev–Trinajstić information content (AvgIpc) is 3.14. The number of nitriles is 1. The lowest BCUT2D eigenvalue weighted by Gasteiger charge is -2.10. The lowest BCUT2D eigenvalue weighted by atomic mass is 10.2. The molecule has 1 aromatic carbocycles. The Bertz CT molecular complexity index is 1260. The number of imidazole rings is 1. The first kappa shape index (κ1) is 19.2. The molecule has 0 radical (unpaired) electrons. The summed E-state index contributed by atoms with van der Waals surface area (Å²) in [5.41, 5.74) is -0.133. The van der Waals surface area contributed by atoms with Crippen molar-refractivity contribution in [3.05, 3.63) is 66.2 Å². The van der Waals surface area contributed by atoms with Crippen molar-refractivity contribution >= 4 is 17.2 Å². The molecule has 3 aromatic heterocycles. The molecule has 7 nitrogen and oxygen atoms in total. The van der Waals surface area contributed by atoms with Crippen LogP contribution in [-0.2, 0) is 6.18 Å². The maximum absolute atomic E-state index is 13.7. The van der Waals surface area contributed by atoms with Gasteiger partial charge in [0.05, 0.1) is 37.3 Å². The van der Waals surface area contributed by atoms with Crippen molar-refractivity contribution in [2.24, 2.45) is 0 Å². The largest absolute Gasteiger partial charge is 0.495 e. The number of aromatic nitrogens is 4. The number of nitrogens with zero attached hydrogens (tertiary/aromatic N) is 5. The van der Waals surface area contributed by atoms with Gasteiger partial charge in [-0.1, -0.05) is 0 Å². The van der Waals surface area contributed by atoms with Gasteiger partial charge in [-0.2, -0.15) is 18.4 Å². The molecule has 0 unspecified atom stereocenters. The molecule has 0 saturated carbocycles. The average molecular weight is 410 g/mol. The van der Waals surface area contributed by atoms with Crippen LogP contribution in [0.2, 0.25) is 0 Å². The van der Waals surface area contributed by atoms with Crippen LogP contribution in [0, 0.1) is 11.3 Å². The van der Waals surface area contributed by atoms with Crippen LogP contribution >= 0.6 is 0 Å². The molecule has 3 heterocycles. The van der Waals surface area contributed by atoms with Gasteiger partial charge in [0.15, 0.2) is 5.69 Å². The zero-order chi connectivity index (χ0) is 21.3. The summed E-state index contributed by atoms with van der Waals surface area (Å²) in [6.07, 6.45) is -0.650. The summed E-state index contributed by atoms with van der Waals surface area (Å²) < 4.78 is 47.4. The van der Waals surface area contributed by atoms with E-state index in [2.05, 4.69) is 20.3 Å². The van der Waals surface area contributed by atoms with E-state index in [4.69, 9.17) is 10.00 Å². The molecule has 10 heteroatoms. The molecule has 1 N–H and O–H groups in total. The summed E-state index contributed by atoms with van der Waals surface area (Å²) in [7, 11) is 1.42. The summed E-state index contributed by atoms with van der Waals surface area (Å²) in [5.74, 6) is 0.609. The van der Waals surface area contributed by atoms with Gasteiger partial charge in [0, 0.05) is 5.69 Å². The highest BCUT2D eigenvalue weighted by atomic mass is 19.4. The zero-order valence-corrected chi connectivity index (χ0v) is 15.5. The second kappa shape index (κ2) is 7.36. The number of pyridine rings is 1. The minimum absolute atomic E-state index is 0.0123. The van der Waals surface area contributed by atoms with Gasteiger partial charge in [0.25, 0.3) is 0 Å². The van der Waals surface area contributed by atoms with Crippen molar-refractivity contribution in [1.29, 1.82) is 5.26 Å². The Morgan fingerprint density at radius 2 is 1.83 bits per heavy atom. The van der Waals surface area contributed by atoms with Crippen LogP contribution < -0.4 is 10.1 Å². The van der Waals surface area contributed by atoms with Crippen LogP contribution in [0.5, 0.6) is 5.75 Å². The summed E-state index contributed by atoms with van der Waals surface area (Å²) >= 11 is 0. The highest BCUT2D eigenvalue weighted by molar-refractivity contribution is 5.67. The monoisotopic (exact) mass is 410 g/mol. The van der Waals surface area contributed by atoms with E-state index in [0.717, 1.165) is 0 Å². The molecule has 30 heavy (non-hydrogen) atoms. The van der Waals surface area contributed by atoms with E-state index in [9.17, 15) is 13.2 Å². The molecule has 0 amide bonds. The van der Waals surface area contributed by atoms with Crippen molar-refractivity contribution in [1.82, 2.24) is 19.4 Å². The van der Waals surface area contributed by atoms with Gasteiger partial charge in [0.1, 0.15) is 28.6 Å². The molecule has 0 atom stereocenters. The number of benzene rings is 1. The number of hydrogen-bond acceptors (Lipinski definition) is 6. The standard InChI is InChI=1S/C20H13F3N6O/c1-30-14-6-7-17-28-19(20(21,22)23)18(29(17)11-14)15-9-25-10-16(27-15)26-13-4-2-12(8-24)3-5-13/h2-7,9-11H,1H3,(H,26,27). The minimum atomic E-state index is -4.69. The first-order valence-electron chi connectivity index (χ1n) is 8.62. The second-order valence-electron chi connectivity index (χ2n) is 6.21. The Labute approximate surface area is 168 Å². The van der Waals surface area contributed by atoms with Crippen LogP contribution in [-0.4, -0.2) is 26.5 Å². The van der Waals surface area contributed by atoms with Gasteiger partial charge < -0.3 is 10.1 Å². The number of halogens is 3. The molecule has 4 rings (SSSR count). The van der Waals surface area contributed by atoms with Gasteiger partial charge in [-0.05, 0) is 36.4 Å². The Morgan fingerprint density at radius 1 is 1.07 bits per heavy atom. The van der Waals surface area contributed by atoms with E-state index in [1.54, 1.807) is 24.3 Å². The molecule has 150 valence electrons. The number of nitrogens with one attached hydrogen (secondary N) is 1. The van der Waals surface area contributed by atoms with E-state index >= 15 is 0 Å². The summed E-state index contributed by atoms with van der Waals surface area (Å²) in [4.78, 5) is 12.1. The molecular weight excluding hydrogens is 397 g/mol. The molecule has 0 aliphatic heterocycles. The van der Waals surface area contributed by atoms with E-state index in [1.165, 1.54) is 42.2 Å². The Balaban J connectivity index is 1.81. The number of methoxy groups -OCH3 is 1. The van der Waals surface area contributed by atoms with Crippen molar-refractivity contribution in [3.8, 4) is 23.2 Å². The van der Waals surface area contributed by atoms with Gasteiger partial charge in [-0.3, -0.25) is 9.38 Å². The third-order valence-electron chi connectivity index (χ3n) is 4.26. The number of hydrogen-bond donors (Lipinski definition) is 1. The van der Waals surface area contributed by atoms with E-state index in [1.807, 2.05) is 6.07 Å². The highest BCUT2D eigenvalue weighted by Crippen LogP contribution is 2.37. The van der Waals surface area contributed by atoms with E-state index < -0.39 is 11.9 Å². The fourth-order valence-electron chi connectivity index (χ4n) is 2.90. The fraction of sp³-hybridized carbons (Fsp3) is 0.100. The SMILES string of the molecule is COc1ccc2nc(C(F)(F)F)c(-c3cncc(Nc4ccc(C#N)cc4)n3)n2c1. The van der Waals surface area contributed by atoms with Crippen LogP contribution in [0.1, 0.15) is 11.3 Å². The third-order valence-corrected chi connectivity index (χ3v) is 4.26. The second-order valence-corrected chi connectivity index (χ2v) is 6.21. The van der Waals surface area contributed by atoms with Gasteiger partial charge >= 0.3 is 6.18 Å². The Kier molecular flexibility index (Phi) is 4.71. The molecule has 0 spiro atoms. The van der Waals surface area contributed by atoms with Crippen LogP contribution in [0.25, 0.3) is 17.0 Å². The van der Waals surface area contributed by atoms with Crippen LogP contribution in [0.4, 0.5) is 24.7 Å². The maximum atomic E-state index is 13.7. The normalized spacial score (nSPS) is 11.3.